The van der Waals surface area contributed by atoms with E-state index in [9.17, 15) is 0 Å². The largest absolute Gasteiger partial charge is 0.390 e. The van der Waals surface area contributed by atoms with E-state index >= 15 is 0 Å². The van der Waals surface area contributed by atoms with Crippen LogP contribution in [0.2, 0.25) is 0 Å². The Morgan fingerprint density at radius 2 is 2.38 bits per heavy atom. The lowest BCUT2D eigenvalue weighted by Gasteiger charge is -1.88. The van der Waals surface area contributed by atoms with Gasteiger partial charge in [-0.1, -0.05) is 0 Å². The minimum absolute atomic E-state index is 0.551. The first-order valence-electron chi connectivity index (χ1n) is 2.36. The predicted molar refractivity (Wildman–Crippen MR) is 36.6 cm³/mol. The monoisotopic (exact) mass is 128 g/mol. The second-order valence-electron chi connectivity index (χ2n) is 1.51. The van der Waals surface area contributed by atoms with Crippen molar-refractivity contribution in [1.29, 1.82) is 0 Å². The van der Waals surface area contributed by atoms with Crippen molar-refractivity contribution in [1.82, 2.24) is 0 Å². The first-order chi connectivity index (χ1) is 3.84. The molecule has 0 spiro atoms. The third-order valence-electron chi connectivity index (χ3n) is 1.00. The lowest BCUT2D eigenvalue weighted by atomic mass is 10.3. The molecule has 1 rings (SSSR count). The molecule has 0 bridgehead atoms. The lowest BCUT2D eigenvalue weighted by molar-refractivity contribution is 1.09. The van der Waals surface area contributed by atoms with Gasteiger partial charge in [0.1, 0.15) is 0 Å². The van der Waals surface area contributed by atoms with E-state index in [1.165, 1.54) is 11.3 Å². The van der Waals surface area contributed by atoms with Crippen LogP contribution in [0.5, 0.6) is 0 Å². The zero-order chi connectivity index (χ0) is 5.98. The Labute approximate surface area is 52.1 Å². The van der Waals surface area contributed by atoms with Crippen molar-refractivity contribution in [3.63, 3.8) is 0 Å². The van der Waals surface area contributed by atoms with E-state index in [0.29, 0.717) is 6.54 Å². The van der Waals surface area contributed by atoms with Gasteiger partial charge in [0.25, 0.3) is 0 Å². The molecule has 0 aliphatic rings. The van der Waals surface area contributed by atoms with E-state index in [1.807, 2.05) is 11.4 Å². The fraction of sp³-hybridized carbons (Fsp3) is 0.200. The highest BCUT2D eigenvalue weighted by molar-refractivity contribution is 7.14. The fourth-order valence-electron chi connectivity index (χ4n) is 0.516. The minimum atomic E-state index is 0.551. The van der Waals surface area contributed by atoms with E-state index in [1.54, 1.807) is 0 Å². The number of hydrogen-bond acceptors (Lipinski definition) is 3. The van der Waals surface area contributed by atoms with Gasteiger partial charge in [-0.15, -0.1) is 11.3 Å². The number of rotatable bonds is 1. The van der Waals surface area contributed by atoms with Crippen LogP contribution in [-0.2, 0) is 6.54 Å². The summed E-state index contributed by atoms with van der Waals surface area (Å²) in [6, 6.07) is 1.94. The van der Waals surface area contributed by atoms with Crippen LogP contribution in [0, 0.1) is 0 Å². The summed E-state index contributed by atoms with van der Waals surface area (Å²) in [5, 5.41) is 2.78. The van der Waals surface area contributed by atoms with Crippen LogP contribution >= 0.6 is 11.3 Å². The number of nitrogen functional groups attached to an aromatic ring is 1. The van der Waals surface area contributed by atoms with Crippen molar-refractivity contribution in [3.05, 3.63) is 17.0 Å². The van der Waals surface area contributed by atoms with Gasteiger partial charge in [-0.25, -0.2) is 0 Å². The summed E-state index contributed by atoms with van der Waals surface area (Å²) in [5.41, 5.74) is 11.9. The van der Waals surface area contributed by atoms with Crippen LogP contribution in [0.3, 0.4) is 0 Å². The molecule has 0 radical (unpaired) electrons. The van der Waals surface area contributed by atoms with Crippen molar-refractivity contribution in [2.45, 2.75) is 6.54 Å². The average Bonchev–Trinajstić information content (AvgIpc) is 2.14. The second-order valence-corrected chi connectivity index (χ2v) is 2.46. The minimum Gasteiger partial charge on any atom is -0.390 e. The van der Waals surface area contributed by atoms with Crippen LogP contribution in [0.15, 0.2) is 11.4 Å². The Balaban J connectivity index is 2.92. The summed E-state index contributed by atoms with van der Waals surface area (Å²) >= 11 is 1.53. The molecule has 0 fully saturated rings. The molecule has 1 aromatic heterocycles. The van der Waals surface area contributed by atoms with Gasteiger partial charge < -0.3 is 11.5 Å². The summed E-state index contributed by atoms with van der Waals surface area (Å²) < 4.78 is 0. The Morgan fingerprint density at radius 3 is 2.62 bits per heavy atom. The van der Waals surface area contributed by atoms with Crippen molar-refractivity contribution >= 4 is 16.3 Å². The molecule has 8 heavy (non-hydrogen) atoms. The van der Waals surface area contributed by atoms with E-state index in [4.69, 9.17) is 11.5 Å². The molecule has 0 atom stereocenters. The van der Waals surface area contributed by atoms with E-state index in [0.717, 1.165) is 10.6 Å². The number of anilines is 1. The predicted octanol–water partition coefficient (Wildman–Crippen LogP) is 0.789. The standard InChI is InChI=1S/C5H8N2S/c6-3-4-1-2-8-5(4)7/h1-2H,3,6-7H2. The highest BCUT2D eigenvalue weighted by Gasteiger charge is 1.93. The van der Waals surface area contributed by atoms with Gasteiger partial charge in [-0.2, -0.15) is 0 Å². The van der Waals surface area contributed by atoms with Crippen LogP contribution < -0.4 is 11.5 Å². The van der Waals surface area contributed by atoms with E-state index in [2.05, 4.69) is 0 Å². The van der Waals surface area contributed by atoms with Crippen LogP contribution in [0.4, 0.5) is 5.00 Å². The van der Waals surface area contributed by atoms with Crippen LogP contribution in [0.25, 0.3) is 0 Å². The third kappa shape index (κ3) is 0.827. The van der Waals surface area contributed by atoms with E-state index in [-0.39, 0.29) is 0 Å². The van der Waals surface area contributed by atoms with Gasteiger partial charge in [-0.3, -0.25) is 0 Å². The highest BCUT2D eigenvalue weighted by atomic mass is 32.1. The molecule has 1 aromatic rings. The second kappa shape index (κ2) is 2.15. The average molecular weight is 128 g/mol. The van der Waals surface area contributed by atoms with Crippen molar-refractivity contribution in [3.8, 4) is 0 Å². The molecule has 0 aliphatic heterocycles. The number of thiophene rings is 1. The fourth-order valence-corrected chi connectivity index (χ4v) is 1.20. The van der Waals surface area contributed by atoms with Gasteiger partial charge in [0.15, 0.2) is 0 Å². The first-order valence-corrected chi connectivity index (χ1v) is 3.24. The van der Waals surface area contributed by atoms with Gasteiger partial charge in [0.05, 0.1) is 5.00 Å². The van der Waals surface area contributed by atoms with Crippen molar-refractivity contribution < 1.29 is 0 Å². The van der Waals surface area contributed by atoms with Gasteiger partial charge in [0.2, 0.25) is 0 Å². The Kier molecular flexibility index (Phi) is 1.50. The summed E-state index contributed by atoms with van der Waals surface area (Å²) in [6.45, 7) is 0.551. The molecule has 0 saturated heterocycles. The Bertz CT molecular complexity index is 171. The third-order valence-corrected chi connectivity index (χ3v) is 1.79. The Morgan fingerprint density at radius 1 is 1.62 bits per heavy atom. The molecule has 3 heteroatoms. The quantitative estimate of drug-likeness (QED) is 0.587. The van der Waals surface area contributed by atoms with Gasteiger partial charge in [-0.05, 0) is 17.0 Å². The molecule has 0 saturated carbocycles. The van der Waals surface area contributed by atoms with Crippen molar-refractivity contribution in [2.24, 2.45) is 5.73 Å². The number of hydrogen-bond donors (Lipinski definition) is 2. The normalized spacial score (nSPS) is 9.62. The van der Waals surface area contributed by atoms with Crippen molar-refractivity contribution in [2.75, 3.05) is 5.73 Å². The van der Waals surface area contributed by atoms with Crippen LogP contribution in [-0.4, -0.2) is 0 Å². The number of nitrogens with two attached hydrogens (primary N) is 2. The summed E-state index contributed by atoms with van der Waals surface area (Å²) in [6.07, 6.45) is 0. The molecular weight excluding hydrogens is 120 g/mol. The molecule has 44 valence electrons. The topological polar surface area (TPSA) is 52.0 Å². The smallest absolute Gasteiger partial charge is 0.0901 e. The lowest BCUT2D eigenvalue weighted by Crippen LogP contribution is -1.96. The van der Waals surface area contributed by atoms with Gasteiger partial charge >= 0.3 is 0 Å². The molecule has 0 amide bonds. The molecule has 0 aromatic carbocycles. The van der Waals surface area contributed by atoms with Gasteiger partial charge in [0, 0.05) is 6.54 Å². The zero-order valence-electron chi connectivity index (χ0n) is 4.42. The first kappa shape index (κ1) is 5.59. The summed E-state index contributed by atoms with van der Waals surface area (Å²) in [7, 11) is 0. The molecule has 0 aliphatic carbocycles. The Hall–Kier alpha value is -0.540. The summed E-state index contributed by atoms with van der Waals surface area (Å²) in [4.78, 5) is 0. The maximum atomic E-state index is 5.49. The molecule has 4 N–H and O–H groups in total. The molecule has 2 nitrogen and oxygen atoms in total. The highest BCUT2D eigenvalue weighted by Crippen LogP contribution is 2.17. The summed E-state index contributed by atoms with van der Waals surface area (Å²) in [5.74, 6) is 0. The van der Waals surface area contributed by atoms with Crippen LogP contribution in [0.1, 0.15) is 5.56 Å². The maximum absolute atomic E-state index is 5.49. The SMILES string of the molecule is NCc1ccsc1N. The molecule has 0 unspecified atom stereocenters. The van der Waals surface area contributed by atoms with E-state index < -0.39 is 0 Å². The molecule has 1 heterocycles. The molecular formula is C5H8N2S. The zero-order valence-corrected chi connectivity index (χ0v) is 5.24. The maximum Gasteiger partial charge on any atom is 0.0901 e.